The van der Waals surface area contributed by atoms with Crippen molar-refractivity contribution < 1.29 is 48.5 Å². The van der Waals surface area contributed by atoms with Crippen molar-refractivity contribution in [2.45, 2.75) is 30.9 Å². The van der Waals surface area contributed by atoms with Crippen LogP contribution >= 0.6 is 23.2 Å². The summed E-state index contributed by atoms with van der Waals surface area (Å²) in [6.45, 7) is -0.673. The van der Waals surface area contributed by atoms with Gasteiger partial charge in [0.05, 0.1) is 52.8 Å². The molecule has 204 valence electrons. The van der Waals surface area contributed by atoms with Crippen molar-refractivity contribution in [1.82, 2.24) is 4.90 Å². The van der Waals surface area contributed by atoms with Crippen LogP contribution in [0.1, 0.15) is 39.5 Å². The van der Waals surface area contributed by atoms with Gasteiger partial charge in [0.25, 0.3) is 16.0 Å². The van der Waals surface area contributed by atoms with Crippen LogP contribution < -0.4 is 0 Å². The van der Waals surface area contributed by atoms with Crippen LogP contribution in [0.2, 0.25) is 10.0 Å². The monoisotopic (exact) mass is 593 g/mol. The van der Waals surface area contributed by atoms with E-state index >= 15 is 0 Å². The van der Waals surface area contributed by atoms with E-state index in [9.17, 15) is 39.6 Å². The zero-order valence-corrected chi connectivity index (χ0v) is 21.2. The van der Waals surface area contributed by atoms with E-state index in [0.717, 1.165) is 11.2 Å². The first-order valence-electron chi connectivity index (χ1n) is 10.5. The molecule has 1 fully saturated rings. The lowest BCUT2D eigenvalue weighted by molar-refractivity contribution is -0.143. The molecule has 3 rings (SSSR count). The summed E-state index contributed by atoms with van der Waals surface area (Å²) in [5, 5.41) is 0.228. The second-order valence-electron chi connectivity index (χ2n) is 8.14. The fraction of sp³-hybridized carbons (Fsp3) is 0.409. The Morgan fingerprint density at radius 2 is 1.62 bits per heavy atom. The van der Waals surface area contributed by atoms with Crippen LogP contribution in [0.25, 0.3) is 0 Å². The third-order valence-electron chi connectivity index (χ3n) is 5.43. The molecule has 6 nitrogen and oxygen atoms in total. The van der Waals surface area contributed by atoms with Gasteiger partial charge in [-0.1, -0.05) is 29.3 Å². The van der Waals surface area contributed by atoms with Gasteiger partial charge in [0.2, 0.25) is 0 Å². The Kier molecular flexibility index (Phi) is 8.74. The van der Waals surface area contributed by atoms with Gasteiger partial charge in [-0.05, 0) is 35.9 Å². The Balaban J connectivity index is 2.07. The van der Waals surface area contributed by atoms with Crippen LogP contribution in [-0.4, -0.2) is 51.3 Å². The Hall–Kier alpha value is -2.06. The summed E-state index contributed by atoms with van der Waals surface area (Å²) in [6, 6.07) is 3.79. The highest BCUT2D eigenvalue weighted by Crippen LogP contribution is 2.39. The van der Waals surface area contributed by atoms with Gasteiger partial charge in [-0.2, -0.15) is 34.8 Å². The molecule has 0 aliphatic carbocycles. The molecule has 1 heterocycles. The average molecular weight is 594 g/mol. The first-order chi connectivity index (χ1) is 17.0. The van der Waals surface area contributed by atoms with Crippen molar-refractivity contribution in [3.8, 4) is 0 Å². The van der Waals surface area contributed by atoms with Crippen molar-refractivity contribution in [3.05, 3.63) is 68.7 Å². The zero-order valence-electron chi connectivity index (χ0n) is 18.9. The van der Waals surface area contributed by atoms with Gasteiger partial charge in [0.1, 0.15) is 0 Å². The van der Waals surface area contributed by atoms with E-state index < -0.39 is 57.2 Å². The van der Waals surface area contributed by atoms with E-state index in [1.807, 2.05) is 0 Å². The molecular formula is C22H19Cl2F6NO5S. The molecule has 0 aromatic heterocycles. The van der Waals surface area contributed by atoms with Gasteiger partial charge >= 0.3 is 12.4 Å². The summed E-state index contributed by atoms with van der Waals surface area (Å²) in [6.07, 6.45) is -10.5. The minimum absolute atomic E-state index is 0.0710. The highest BCUT2D eigenvalue weighted by atomic mass is 35.5. The minimum atomic E-state index is -5.14. The standard InChI is InChI=1S/C22H19Cl2F6NO5S/c1-37(33,34)36-6-4-18-19(12-2-3-16(23)17(24)10-12)31(5-7-35-18)20(32)13-8-14(21(25,26)27)11-15(9-13)22(28,29)30/h2-3,8-11,18-19H,4-7H2,1H3/t18-,19?/m1/s1. The van der Waals surface area contributed by atoms with Crippen LogP contribution in [-0.2, 0) is 31.4 Å². The topological polar surface area (TPSA) is 72.9 Å². The predicted molar refractivity (Wildman–Crippen MR) is 122 cm³/mol. The van der Waals surface area contributed by atoms with E-state index in [0.29, 0.717) is 17.7 Å². The van der Waals surface area contributed by atoms with E-state index in [2.05, 4.69) is 0 Å². The predicted octanol–water partition coefficient (Wildman–Crippen LogP) is 5.98. The Morgan fingerprint density at radius 1 is 1.03 bits per heavy atom. The van der Waals surface area contributed by atoms with Crippen molar-refractivity contribution in [3.63, 3.8) is 0 Å². The second kappa shape index (κ2) is 11.0. The molecule has 37 heavy (non-hydrogen) atoms. The minimum Gasteiger partial charge on any atom is -0.374 e. The lowest BCUT2D eigenvalue weighted by Gasteiger charge is -2.42. The Morgan fingerprint density at radius 3 is 2.14 bits per heavy atom. The molecule has 2 atom stereocenters. The van der Waals surface area contributed by atoms with Crippen LogP contribution in [0.15, 0.2) is 36.4 Å². The van der Waals surface area contributed by atoms with Crippen molar-refractivity contribution in [1.29, 1.82) is 0 Å². The SMILES string of the molecule is CS(=O)(=O)OCC[C@H]1OCCN(C(=O)c2cc(C(F)(F)F)cc(C(F)(F)F)c2)C1c1ccc(Cl)c(Cl)c1. The van der Waals surface area contributed by atoms with Gasteiger partial charge in [0.15, 0.2) is 0 Å². The second-order valence-corrected chi connectivity index (χ2v) is 10.6. The zero-order chi connectivity index (χ0) is 27.8. The molecule has 2 aromatic carbocycles. The maximum absolute atomic E-state index is 13.4. The number of alkyl halides is 6. The van der Waals surface area contributed by atoms with Crippen LogP contribution in [0.4, 0.5) is 26.3 Å². The normalized spacial score (nSPS) is 19.2. The average Bonchev–Trinajstić information content (AvgIpc) is 2.78. The van der Waals surface area contributed by atoms with E-state index in [1.165, 1.54) is 18.2 Å². The third kappa shape index (κ3) is 7.50. The molecule has 0 bridgehead atoms. The van der Waals surface area contributed by atoms with Crippen LogP contribution in [0.5, 0.6) is 0 Å². The first-order valence-corrected chi connectivity index (χ1v) is 13.1. The van der Waals surface area contributed by atoms with Crippen molar-refractivity contribution in [2.24, 2.45) is 0 Å². The van der Waals surface area contributed by atoms with E-state index in [1.54, 1.807) is 0 Å². The molecule has 1 amide bonds. The Labute approximate surface area is 218 Å². The van der Waals surface area contributed by atoms with E-state index in [4.69, 9.17) is 32.1 Å². The number of nitrogens with zero attached hydrogens (tertiary/aromatic N) is 1. The molecule has 15 heteroatoms. The fourth-order valence-electron chi connectivity index (χ4n) is 3.85. The molecule has 0 saturated carbocycles. The highest BCUT2D eigenvalue weighted by Gasteiger charge is 2.41. The first kappa shape index (κ1) is 29.5. The molecule has 1 saturated heterocycles. The number of carbonyl (C=O) groups excluding carboxylic acids is 1. The summed E-state index contributed by atoms with van der Waals surface area (Å²) in [5.41, 5.74) is -3.79. The Bertz CT molecular complexity index is 1240. The third-order valence-corrected chi connectivity index (χ3v) is 6.77. The number of rotatable bonds is 6. The molecule has 1 aliphatic heterocycles. The number of morpholine rings is 1. The maximum atomic E-state index is 13.4. The summed E-state index contributed by atoms with van der Waals surface area (Å²) in [5.74, 6) is -1.12. The fourth-order valence-corrected chi connectivity index (χ4v) is 4.56. The summed E-state index contributed by atoms with van der Waals surface area (Å²) >= 11 is 12.1. The molecule has 1 unspecified atom stereocenters. The molecule has 1 aliphatic rings. The number of hydrogen-bond donors (Lipinski definition) is 0. The lowest BCUT2D eigenvalue weighted by Crippen LogP contribution is -2.48. The molecule has 2 aromatic rings. The highest BCUT2D eigenvalue weighted by molar-refractivity contribution is 7.85. The number of amides is 1. The largest absolute Gasteiger partial charge is 0.416 e. The lowest BCUT2D eigenvalue weighted by atomic mass is 9.94. The van der Waals surface area contributed by atoms with Gasteiger partial charge in [-0.3, -0.25) is 8.98 Å². The molecular weight excluding hydrogens is 575 g/mol. The number of halogens is 8. The smallest absolute Gasteiger partial charge is 0.374 e. The van der Waals surface area contributed by atoms with Gasteiger partial charge in [-0.25, -0.2) is 0 Å². The number of ether oxygens (including phenoxy) is 1. The quantitative estimate of drug-likeness (QED) is 0.304. The molecule has 0 radical (unpaired) electrons. The molecule has 0 spiro atoms. The van der Waals surface area contributed by atoms with Crippen molar-refractivity contribution in [2.75, 3.05) is 26.0 Å². The maximum Gasteiger partial charge on any atom is 0.416 e. The number of hydrogen-bond acceptors (Lipinski definition) is 5. The summed E-state index contributed by atoms with van der Waals surface area (Å²) < 4.78 is 113. The van der Waals surface area contributed by atoms with Gasteiger partial charge < -0.3 is 9.64 Å². The van der Waals surface area contributed by atoms with Gasteiger partial charge in [-0.15, -0.1) is 0 Å². The summed E-state index contributed by atoms with van der Waals surface area (Å²) in [7, 11) is -3.82. The number of carbonyl (C=O) groups is 1. The summed E-state index contributed by atoms with van der Waals surface area (Å²) in [4.78, 5) is 14.5. The number of benzene rings is 2. The van der Waals surface area contributed by atoms with Gasteiger partial charge in [0, 0.05) is 18.5 Å². The van der Waals surface area contributed by atoms with Crippen LogP contribution in [0.3, 0.4) is 0 Å². The molecule has 0 N–H and O–H groups in total. The van der Waals surface area contributed by atoms with E-state index in [-0.39, 0.29) is 42.3 Å². The van der Waals surface area contributed by atoms with Crippen molar-refractivity contribution >= 4 is 39.2 Å². The van der Waals surface area contributed by atoms with Crippen LogP contribution in [0, 0.1) is 0 Å².